The lowest BCUT2D eigenvalue weighted by atomic mass is 9.63. The maximum atomic E-state index is 5.62. The maximum Gasteiger partial charge on any atom is 0.130 e. The summed E-state index contributed by atoms with van der Waals surface area (Å²) in [6, 6.07) is 4.21. The fourth-order valence-corrected chi connectivity index (χ4v) is 4.28. The van der Waals surface area contributed by atoms with Crippen LogP contribution in [0.1, 0.15) is 51.2 Å². The molecule has 0 radical (unpaired) electrons. The normalized spacial score (nSPS) is 27.1. The van der Waals surface area contributed by atoms with Gasteiger partial charge in [0.05, 0.1) is 14.2 Å². The summed E-state index contributed by atoms with van der Waals surface area (Å²) in [5.74, 6) is 3.22. The molecule has 1 aromatic carbocycles. The van der Waals surface area contributed by atoms with Crippen LogP contribution in [-0.2, 0) is 5.41 Å². The molecule has 0 amide bonds. The summed E-state index contributed by atoms with van der Waals surface area (Å²) in [5.41, 5.74) is 4.41. The molecule has 0 bridgehead atoms. The summed E-state index contributed by atoms with van der Waals surface area (Å²) in [7, 11) is 3.47. The van der Waals surface area contributed by atoms with Crippen molar-refractivity contribution in [2.75, 3.05) is 14.2 Å². The van der Waals surface area contributed by atoms with Gasteiger partial charge < -0.3 is 9.47 Å². The van der Waals surface area contributed by atoms with Crippen molar-refractivity contribution in [3.63, 3.8) is 0 Å². The van der Waals surface area contributed by atoms with E-state index in [0.29, 0.717) is 11.8 Å². The molecule has 0 spiro atoms. The highest BCUT2D eigenvalue weighted by molar-refractivity contribution is 5.75. The molecule has 114 valence electrons. The Bertz CT molecular complexity index is 585. The van der Waals surface area contributed by atoms with Crippen molar-refractivity contribution in [1.29, 1.82) is 0 Å². The molecule has 2 nitrogen and oxygen atoms in total. The van der Waals surface area contributed by atoms with Crippen LogP contribution in [0.5, 0.6) is 11.5 Å². The van der Waals surface area contributed by atoms with Crippen LogP contribution in [0, 0.1) is 11.8 Å². The lowest BCUT2D eigenvalue weighted by molar-refractivity contribution is 0.289. The van der Waals surface area contributed by atoms with Crippen molar-refractivity contribution in [3.05, 3.63) is 28.8 Å². The number of fused-ring (bicyclic) bond motifs is 3. The minimum atomic E-state index is 0.157. The van der Waals surface area contributed by atoms with E-state index in [2.05, 4.69) is 32.9 Å². The van der Waals surface area contributed by atoms with E-state index in [1.54, 1.807) is 19.8 Å². The van der Waals surface area contributed by atoms with E-state index < -0.39 is 0 Å². The molecule has 1 saturated carbocycles. The van der Waals surface area contributed by atoms with Crippen LogP contribution in [0.3, 0.4) is 0 Å². The van der Waals surface area contributed by atoms with Gasteiger partial charge >= 0.3 is 0 Å². The Hall–Kier alpha value is -1.44. The lowest BCUT2D eigenvalue weighted by Gasteiger charge is -2.41. The minimum Gasteiger partial charge on any atom is -0.497 e. The number of benzene rings is 1. The van der Waals surface area contributed by atoms with Gasteiger partial charge in [0.1, 0.15) is 11.5 Å². The van der Waals surface area contributed by atoms with E-state index >= 15 is 0 Å². The van der Waals surface area contributed by atoms with Crippen molar-refractivity contribution in [2.24, 2.45) is 11.8 Å². The van der Waals surface area contributed by atoms with Gasteiger partial charge in [-0.05, 0) is 36.3 Å². The molecule has 1 aromatic rings. The Morgan fingerprint density at radius 3 is 2.57 bits per heavy atom. The first kappa shape index (κ1) is 14.5. The molecule has 21 heavy (non-hydrogen) atoms. The molecule has 0 heterocycles. The molecule has 2 heteroatoms. The SMILES string of the molecule is COc1cc(OC)c2c(c1)C1(C)CCCC(C(C)C)C1=C2. The van der Waals surface area contributed by atoms with Gasteiger partial charge in [-0.15, -0.1) is 0 Å². The number of rotatable bonds is 3. The Kier molecular flexibility index (Phi) is 3.51. The van der Waals surface area contributed by atoms with Gasteiger partial charge in [-0.2, -0.15) is 0 Å². The van der Waals surface area contributed by atoms with Gasteiger partial charge in [-0.25, -0.2) is 0 Å². The first-order valence-electron chi connectivity index (χ1n) is 8.00. The summed E-state index contributed by atoms with van der Waals surface area (Å²) in [4.78, 5) is 0. The lowest BCUT2D eigenvalue weighted by Crippen LogP contribution is -2.33. The van der Waals surface area contributed by atoms with E-state index in [4.69, 9.17) is 9.47 Å². The molecule has 0 saturated heterocycles. The van der Waals surface area contributed by atoms with Crippen LogP contribution < -0.4 is 9.47 Å². The van der Waals surface area contributed by atoms with Crippen LogP contribution >= 0.6 is 0 Å². The first-order chi connectivity index (χ1) is 10.0. The molecule has 0 aromatic heterocycles. The fourth-order valence-electron chi connectivity index (χ4n) is 4.28. The number of methoxy groups -OCH3 is 2. The topological polar surface area (TPSA) is 18.5 Å². The van der Waals surface area contributed by atoms with Crippen molar-refractivity contribution in [3.8, 4) is 11.5 Å². The van der Waals surface area contributed by atoms with E-state index in [-0.39, 0.29) is 5.41 Å². The van der Waals surface area contributed by atoms with Crippen molar-refractivity contribution >= 4 is 6.08 Å². The Morgan fingerprint density at radius 2 is 1.95 bits per heavy atom. The molecule has 2 aliphatic carbocycles. The van der Waals surface area contributed by atoms with Gasteiger partial charge in [0.25, 0.3) is 0 Å². The third-order valence-corrected chi connectivity index (χ3v) is 5.50. The largest absolute Gasteiger partial charge is 0.497 e. The van der Waals surface area contributed by atoms with Crippen LogP contribution in [0.25, 0.3) is 6.08 Å². The summed E-state index contributed by atoms with van der Waals surface area (Å²) in [5, 5.41) is 0. The minimum absolute atomic E-state index is 0.157. The maximum absolute atomic E-state index is 5.62. The third-order valence-electron chi connectivity index (χ3n) is 5.50. The number of hydrogen-bond donors (Lipinski definition) is 0. The third kappa shape index (κ3) is 2.07. The number of ether oxygens (including phenoxy) is 2. The molecule has 2 aliphatic rings. The van der Waals surface area contributed by atoms with Gasteiger partial charge in [-0.3, -0.25) is 0 Å². The molecule has 2 atom stereocenters. The second-order valence-electron chi connectivity index (χ2n) is 6.97. The van der Waals surface area contributed by atoms with Crippen LogP contribution in [-0.4, -0.2) is 14.2 Å². The van der Waals surface area contributed by atoms with Crippen LogP contribution in [0.2, 0.25) is 0 Å². The first-order valence-corrected chi connectivity index (χ1v) is 8.00. The summed E-state index contributed by atoms with van der Waals surface area (Å²) >= 11 is 0. The zero-order valence-corrected chi connectivity index (χ0v) is 13.8. The highest BCUT2D eigenvalue weighted by atomic mass is 16.5. The quantitative estimate of drug-likeness (QED) is 0.793. The highest BCUT2D eigenvalue weighted by Crippen LogP contribution is 2.56. The second-order valence-corrected chi connectivity index (χ2v) is 6.97. The molecule has 2 unspecified atom stereocenters. The highest BCUT2D eigenvalue weighted by Gasteiger charge is 2.44. The van der Waals surface area contributed by atoms with Crippen molar-refractivity contribution < 1.29 is 9.47 Å². The molecule has 3 rings (SSSR count). The van der Waals surface area contributed by atoms with Gasteiger partial charge in [0, 0.05) is 17.0 Å². The average Bonchev–Trinajstić information content (AvgIpc) is 2.78. The predicted octanol–water partition coefficient (Wildman–Crippen LogP) is 4.81. The average molecular weight is 286 g/mol. The van der Waals surface area contributed by atoms with E-state index in [0.717, 1.165) is 11.5 Å². The van der Waals surface area contributed by atoms with Gasteiger partial charge in [0.15, 0.2) is 0 Å². The van der Waals surface area contributed by atoms with Crippen molar-refractivity contribution in [1.82, 2.24) is 0 Å². The summed E-state index contributed by atoms with van der Waals surface area (Å²) < 4.78 is 11.1. The standard InChI is InChI=1S/C19H26O2/c1-12(2)14-7-6-8-19(3)16-9-13(20-4)10-18(21-5)15(16)11-17(14)19/h9-12,14H,6-8H2,1-5H3. The smallest absolute Gasteiger partial charge is 0.130 e. The molecular formula is C19H26O2. The van der Waals surface area contributed by atoms with E-state index in [9.17, 15) is 0 Å². The Morgan fingerprint density at radius 1 is 1.19 bits per heavy atom. The Labute approximate surface area is 128 Å². The Balaban J connectivity index is 2.17. The van der Waals surface area contributed by atoms with E-state index in [1.807, 2.05) is 6.07 Å². The summed E-state index contributed by atoms with van der Waals surface area (Å²) in [6.07, 6.45) is 6.24. The van der Waals surface area contributed by atoms with Crippen LogP contribution in [0.15, 0.2) is 17.7 Å². The van der Waals surface area contributed by atoms with Gasteiger partial charge in [-0.1, -0.05) is 38.8 Å². The van der Waals surface area contributed by atoms with Crippen molar-refractivity contribution in [2.45, 2.75) is 45.4 Å². The molecule has 0 aliphatic heterocycles. The molecule has 1 fully saturated rings. The predicted molar refractivity (Wildman–Crippen MR) is 87.1 cm³/mol. The monoisotopic (exact) mass is 286 g/mol. The number of allylic oxidation sites excluding steroid dienone is 1. The molecular weight excluding hydrogens is 260 g/mol. The zero-order chi connectivity index (χ0) is 15.2. The molecule has 0 N–H and O–H groups in total. The van der Waals surface area contributed by atoms with Gasteiger partial charge in [0.2, 0.25) is 0 Å². The van der Waals surface area contributed by atoms with E-state index in [1.165, 1.54) is 30.4 Å². The number of hydrogen-bond acceptors (Lipinski definition) is 2. The second kappa shape index (κ2) is 5.08. The zero-order valence-electron chi connectivity index (χ0n) is 13.8. The summed E-state index contributed by atoms with van der Waals surface area (Å²) in [6.45, 7) is 7.09. The fraction of sp³-hybridized carbons (Fsp3) is 0.579. The van der Waals surface area contributed by atoms with Crippen LogP contribution in [0.4, 0.5) is 0 Å².